The molecule has 156 valence electrons. The number of imidazole rings is 1. The number of thioether (sulfide) groups is 1. The van der Waals surface area contributed by atoms with Crippen LogP contribution in [0, 0.1) is 0 Å². The van der Waals surface area contributed by atoms with Gasteiger partial charge in [0.1, 0.15) is 18.2 Å². The van der Waals surface area contributed by atoms with Crippen LogP contribution >= 0.6 is 11.8 Å². The lowest BCUT2D eigenvalue weighted by Gasteiger charge is -2.23. The highest BCUT2D eigenvalue weighted by atomic mass is 32.2. The van der Waals surface area contributed by atoms with Crippen LogP contribution in [0.4, 0.5) is 5.82 Å². The summed E-state index contributed by atoms with van der Waals surface area (Å²) in [5.74, 6) is 2.31. The Balaban J connectivity index is 1.91. The van der Waals surface area contributed by atoms with Crippen LogP contribution in [-0.4, -0.2) is 31.5 Å². The second-order valence-corrected chi connectivity index (χ2v) is 10.2. The summed E-state index contributed by atoms with van der Waals surface area (Å²) in [6.07, 6.45) is 2.04. The van der Waals surface area contributed by atoms with Crippen LogP contribution in [0.3, 0.4) is 0 Å². The van der Waals surface area contributed by atoms with Crippen LogP contribution in [0.1, 0.15) is 53.1 Å². The number of rotatable bonds is 5. The van der Waals surface area contributed by atoms with E-state index >= 15 is 0 Å². The van der Waals surface area contributed by atoms with Gasteiger partial charge in [0, 0.05) is 11.5 Å². The van der Waals surface area contributed by atoms with Crippen molar-refractivity contribution in [3.63, 3.8) is 0 Å². The van der Waals surface area contributed by atoms with E-state index in [4.69, 9.17) is 10.1 Å². The van der Waals surface area contributed by atoms with Gasteiger partial charge in [0.2, 0.25) is 5.91 Å². The Morgan fingerprint density at radius 1 is 1.14 bits per heavy atom. The third kappa shape index (κ3) is 4.66. The molecule has 2 aromatic heterocycles. The fourth-order valence-corrected chi connectivity index (χ4v) is 3.69. The molecule has 7 heteroatoms. The molecule has 1 amide bonds. The van der Waals surface area contributed by atoms with Gasteiger partial charge in [-0.15, -0.1) is 0 Å². The average Bonchev–Trinajstić information content (AvgIpc) is 3.17. The maximum Gasteiger partial charge on any atom is 0.245 e. The lowest BCUT2D eigenvalue weighted by atomic mass is 9.92. The van der Waals surface area contributed by atoms with Crippen molar-refractivity contribution < 1.29 is 4.79 Å². The van der Waals surface area contributed by atoms with Crippen molar-refractivity contribution in [2.45, 2.75) is 64.8 Å². The van der Waals surface area contributed by atoms with Crippen molar-refractivity contribution in [2.24, 2.45) is 0 Å². The zero-order valence-electron chi connectivity index (χ0n) is 18.4. The monoisotopic (exact) mass is 413 g/mol. The number of benzene rings is 1. The number of hydrogen-bond donors (Lipinski definition) is 1. The Bertz CT molecular complexity index is 1020. The van der Waals surface area contributed by atoms with E-state index in [9.17, 15) is 4.79 Å². The van der Waals surface area contributed by atoms with Gasteiger partial charge in [-0.05, 0) is 39.2 Å². The van der Waals surface area contributed by atoms with Crippen LogP contribution in [0.5, 0.6) is 0 Å². The van der Waals surface area contributed by atoms with Gasteiger partial charge in [-0.2, -0.15) is 16.9 Å². The molecule has 0 saturated heterocycles. The summed E-state index contributed by atoms with van der Waals surface area (Å²) in [5, 5.41) is 7.87. The molecule has 3 aromatic rings. The predicted molar refractivity (Wildman–Crippen MR) is 122 cm³/mol. The van der Waals surface area contributed by atoms with Gasteiger partial charge in [-0.1, -0.05) is 32.9 Å². The number of hydrogen-bond acceptors (Lipinski definition) is 4. The summed E-state index contributed by atoms with van der Waals surface area (Å²) >= 11 is 1.70. The minimum Gasteiger partial charge on any atom is -0.318 e. The first-order valence-corrected chi connectivity index (χ1v) is 11.2. The van der Waals surface area contributed by atoms with Gasteiger partial charge >= 0.3 is 0 Å². The van der Waals surface area contributed by atoms with E-state index in [2.05, 4.69) is 46.9 Å². The molecule has 0 bridgehead atoms. The van der Waals surface area contributed by atoms with E-state index in [1.54, 1.807) is 11.8 Å². The number of para-hydroxylation sites is 2. The van der Waals surface area contributed by atoms with Crippen molar-refractivity contribution >= 4 is 34.5 Å². The van der Waals surface area contributed by atoms with Crippen LogP contribution in [0.2, 0.25) is 0 Å². The molecule has 1 N–H and O–H groups in total. The largest absolute Gasteiger partial charge is 0.318 e. The smallest absolute Gasteiger partial charge is 0.245 e. The maximum absolute atomic E-state index is 13.0. The third-order valence-electron chi connectivity index (χ3n) is 4.69. The van der Waals surface area contributed by atoms with E-state index < -0.39 is 0 Å². The van der Waals surface area contributed by atoms with Gasteiger partial charge in [-0.25, -0.2) is 9.67 Å². The lowest BCUT2D eigenvalue weighted by Crippen LogP contribution is -2.28. The summed E-state index contributed by atoms with van der Waals surface area (Å²) in [6.45, 7) is 12.9. The van der Waals surface area contributed by atoms with E-state index in [1.807, 2.05) is 45.8 Å². The molecule has 0 atom stereocenters. The molecular formula is C22H31N5OS. The number of anilines is 1. The summed E-state index contributed by atoms with van der Waals surface area (Å²) < 4.78 is 3.91. The quantitative estimate of drug-likeness (QED) is 0.653. The van der Waals surface area contributed by atoms with Crippen LogP contribution < -0.4 is 5.32 Å². The Morgan fingerprint density at radius 3 is 2.45 bits per heavy atom. The minimum atomic E-state index is -0.238. The lowest BCUT2D eigenvalue weighted by molar-refractivity contribution is -0.116. The zero-order chi connectivity index (χ0) is 21.4. The summed E-state index contributed by atoms with van der Waals surface area (Å²) in [7, 11) is 0. The fourth-order valence-electron chi connectivity index (χ4n) is 3.22. The zero-order valence-corrected chi connectivity index (χ0v) is 19.2. The SMILES string of the molecule is CSCc1nc2ccccc2n1CC(=O)Nc1cc(C(C)(C)C)nn1C(C)(C)C. The molecule has 0 saturated carbocycles. The minimum absolute atomic E-state index is 0.0821. The standard InChI is InChI=1S/C22H31N5OS/c1-21(2,3)17-12-18(27(25-17)22(4,5)6)24-20(28)13-26-16-11-9-8-10-15(16)23-19(26)14-29-7/h8-12H,13-14H2,1-7H3,(H,24,28). The second-order valence-electron chi connectivity index (χ2n) is 9.33. The number of fused-ring (bicyclic) bond motifs is 1. The summed E-state index contributed by atoms with van der Waals surface area (Å²) in [6, 6.07) is 9.93. The van der Waals surface area contributed by atoms with E-state index in [1.165, 1.54) is 0 Å². The topological polar surface area (TPSA) is 64.7 Å². The number of amides is 1. The first kappa shape index (κ1) is 21.4. The molecule has 6 nitrogen and oxygen atoms in total. The van der Waals surface area contributed by atoms with Crippen molar-refractivity contribution in [2.75, 3.05) is 11.6 Å². The molecule has 0 aliphatic heterocycles. The van der Waals surface area contributed by atoms with Crippen molar-refractivity contribution in [3.8, 4) is 0 Å². The second kappa shape index (κ2) is 7.86. The Morgan fingerprint density at radius 2 is 1.83 bits per heavy atom. The third-order valence-corrected chi connectivity index (χ3v) is 5.24. The van der Waals surface area contributed by atoms with E-state index in [0.29, 0.717) is 0 Å². The number of aromatic nitrogens is 4. The number of carbonyl (C=O) groups is 1. The van der Waals surface area contributed by atoms with Crippen molar-refractivity contribution in [1.82, 2.24) is 19.3 Å². The molecule has 2 heterocycles. The van der Waals surface area contributed by atoms with Crippen LogP contribution in [0.25, 0.3) is 11.0 Å². The van der Waals surface area contributed by atoms with Gasteiger partial charge in [-0.3, -0.25) is 4.79 Å². The van der Waals surface area contributed by atoms with Crippen molar-refractivity contribution in [1.29, 1.82) is 0 Å². The molecule has 1 aromatic carbocycles. The van der Waals surface area contributed by atoms with Gasteiger partial charge in [0.15, 0.2) is 0 Å². The number of nitrogens with one attached hydrogen (secondary N) is 1. The Kier molecular flexibility index (Phi) is 5.81. The molecular weight excluding hydrogens is 382 g/mol. The number of carbonyl (C=O) groups excluding carboxylic acids is 1. The van der Waals surface area contributed by atoms with Crippen molar-refractivity contribution in [3.05, 3.63) is 41.9 Å². The molecule has 0 radical (unpaired) electrons. The average molecular weight is 414 g/mol. The highest BCUT2D eigenvalue weighted by Gasteiger charge is 2.26. The first-order valence-electron chi connectivity index (χ1n) is 9.84. The predicted octanol–water partition coefficient (Wildman–Crippen LogP) is 4.79. The first-order chi connectivity index (χ1) is 13.5. The normalized spacial score (nSPS) is 12.5. The molecule has 0 fully saturated rings. The Hall–Kier alpha value is -2.28. The van der Waals surface area contributed by atoms with Gasteiger partial charge in [0.25, 0.3) is 0 Å². The molecule has 0 spiro atoms. The highest BCUT2D eigenvalue weighted by Crippen LogP contribution is 2.28. The summed E-state index contributed by atoms with van der Waals surface area (Å²) in [4.78, 5) is 17.7. The van der Waals surface area contributed by atoms with E-state index in [0.717, 1.165) is 34.1 Å². The van der Waals surface area contributed by atoms with Crippen LogP contribution in [-0.2, 0) is 28.0 Å². The van der Waals surface area contributed by atoms with Crippen LogP contribution in [0.15, 0.2) is 30.3 Å². The molecule has 0 aliphatic carbocycles. The van der Waals surface area contributed by atoms with E-state index in [-0.39, 0.29) is 23.4 Å². The fraction of sp³-hybridized carbons (Fsp3) is 0.500. The number of nitrogens with zero attached hydrogens (tertiary/aromatic N) is 4. The van der Waals surface area contributed by atoms with Gasteiger partial charge < -0.3 is 9.88 Å². The molecule has 29 heavy (non-hydrogen) atoms. The van der Waals surface area contributed by atoms with Gasteiger partial charge in [0.05, 0.1) is 28.0 Å². The summed E-state index contributed by atoms with van der Waals surface area (Å²) in [5.41, 5.74) is 2.52. The Labute approximate surface area is 177 Å². The molecule has 3 rings (SSSR count). The maximum atomic E-state index is 13.0. The highest BCUT2D eigenvalue weighted by molar-refractivity contribution is 7.97. The molecule has 0 aliphatic rings. The molecule has 0 unspecified atom stereocenters.